The number of ether oxygens (including phenoxy) is 1. The molecule has 2 aliphatic heterocycles. The molecule has 0 spiro atoms. The molecule has 2 aromatic carbocycles. The van der Waals surface area contributed by atoms with Crippen molar-refractivity contribution in [2.45, 2.75) is 45.3 Å². The molecule has 0 aromatic heterocycles. The molecule has 0 N–H and O–H groups in total. The van der Waals surface area contributed by atoms with Crippen LogP contribution in [-0.2, 0) is 11.3 Å². The average Bonchev–Trinajstić information content (AvgIpc) is 3.34. The maximum Gasteiger partial charge on any atom is 0.253 e. The number of anilines is 1. The molecular weight excluding hydrogens is 410 g/mol. The predicted octanol–water partition coefficient (Wildman–Crippen LogP) is 4.59. The molecule has 1 unspecified atom stereocenters. The number of aryl methyl sites for hydroxylation is 1. The maximum absolute atomic E-state index is 13.5. The van der Waals surface area contributed by atoms with Crippen LogP contribution in [0.25, 0.3) is 0 Å². The van der Waals surface area contributed by atoms with Gasteiger partial charge in [0.05, 0.1) is 6.10 Å². The summed E-state index contributed by atoms with van der Waals surface area (Å²) in [7, 11) is 4.04. The Morgan fingerprint density at radius 1 is 1.00 bits per heavy atom. The van der Waals surface area contributed by atoms with Crippen LogP contribution in [-0.4, -0.2) is 68.7 Å². The highest BCUT2D eigenvalue weighted by molar-refractivity contribution is 5.94. The Hall–Kier alpha value is -2.37. The van der Waals surface area contributed by atoms with E-state index in [0.717, 1.165) is 69.7 Å². The Bertz CT molecular complexity index is 898. The molecule has 2 saturated heterocycles. The van der Waals surface area contributed by atoms with E-state index in [1.807, 2.05) is 38.4 Å². The van der Waals surface area contributed by atoms with Gasteiger partial charge < -0.3 is 14.5 Å². The van der Waals surface area contributed by atoms with Crippen molar-refractivity contribution >= 4 is 11.6 Å². The predicted molar refractivity (Wildman–Crippen MR) is 135 cm³/mol. The first-order valence-electron chi connectivity index (χ1n) is 12.4. The summed E-state index contributed by atoms with van der Waals surface area (Å²) in [5, 5.41) is 0. The lowest BCUT2D eigenvalue weighted by molar-refractivity contribution is 0.0444. The summed E-state index contributed by atoms with van der Waals surface area (Å²) in [6, 6.07) is 16.7. The van der Waals surface area contributed by atoms with Crippen LogP contribution in [0.15, 0.2) is 48.5 Å². The number of rotatable bonds is 8. The normalized spacial score (nSPS) is 19.5. The second-order valence-corrected chi connectivity index (χ2v) is 9.93. The standard InChI is InChI=1S/C28H39N3O2/c1-22-7-4-5-8-25(22)20-30-16-14-23(15-17-30)19-31(21-27-9-6-18-33-27)28(32)24-10-12-26(13-11-24)29(2)3/h4-5,7-8,10-13,23,27H,6,9,14-21H2,1-3H3. The average molecular weight is 450 g/mol. The number of hydrogen-bond donors (Lipinski definition) is 0. The molecule has 33 heavy (non-hydrogen) atoms. The molecular formula is C28H39N3O2. The zero-order valence-electron chi connectivity index (χ0n) is 20.5. The van der Waals surface area contributed by atoms with Gasteiger partial charge in [0.2, 0.25) is 0 Å². The summed E-state index contributed by atoms with van der Waals surface area (Å²) in [5.41, 5.74) is 4.68. The lowest BCUT2D eigenvalue weighted by atomic mass is 9.95. The van der Waals surface area contributed by atoms with Gasteiger partial charge in [0.1, 0.15) is 0 Å². The zero-order valence-corrected chi connectivity index (χ0v) is 20.5. The fraction of sp³-hybridized carbons (Fsp3) is 0.536. The third-order valence-electron chi connectivity index (χ3n) is 7.21. The van der Waals surface area contributed by atoms with E-state index in [2.05, 4.69) is 45.9 Å². The fourth-order valence-corrected chi connectivity index (χ4v) is 5.03. The van der Waals surface area contributed by atoms with Crippen LogP contribution in [0.2, 0.25) is 0 Å². The number of hydrogen-bond acceptors (Lipinski definition) is 4. The third-order valence-corrected chi connectivity index (χ3v) is 7.21. The van der Waals surface area contributed by atoms with Crippen molar-refractivity contribution in [1.29, 1.82) is 0 Å². The summed E-state index contributed by atoms with van der Waals surface area (Å²) in [5.74, 6) is 0.683. The van der Waals surface area contributed by atoms with Gasteiger partial charge in [-0.3, -0.25) is 9.69 Å². The number of amides is 1. The van der Waals surface area contributed by atoms with Crippen molar-refractivity contribution in [2.75, 3.05) is 51.8 Å². The second kappa shape index (κ2) is 11.2. The quantitative estimate of drug-likeness (QED) is 0.590. The molecule has 5 heteroatoms. The molecule has 1 atom stereocenters. The molecule has 0 bridgehead atoms. The van der Waals surface area contributed by atoms with E-state index < -0.39 is 0 Å². The van der Waals surface area contributed by atoms with Gasteiger partial charge in [0.25, 0.3) is 5.91 Å². The van der Waals surface area contributed by atoms with Crippen molar-refractivity contribution < 1.29 is 9.53 Å². The molecule has 2 heterocycles. The summed E-state index contributed by atoms with van der Waals surface area (Å²) >= 11 is 0. The zero-order chi connectivity index (χ0) is 23.2. The van der Waals surface area contributed by atoms with Crippen molar-refractivity contribution in [3.8, 4) is 0 Å². The summed E-state index contributed by atoms with van der Waals surface area (Å²) in [6.07, 6.45) is 4.61. The van der Waals surface area contributed by atoms with E-state index >= 15 is 0 Å². The van der Waals surface area contributed by atoms with E-state index in [4.69, 9.17) is 4.74 Å². The van der Waals surface area contributed by atoms with Crippen molar-refractivity contribution in [1.82, 2.24) is 9.80 Å². The molecule has 178 valence electrons. The molecule has 2 aliphatic rings. The van der Waals surface area contributed by atoms with Gasteiger partial charge >= 0.3 is 0 Å². The Morgan fingerprint density at radius 2 is 1.73 bits per heavy atom. The van der Waals surface area contributed by atoms with Gasteiger partial charge in [-0.1, -0.05) is 24.3 Å². The minimum atomic E-state index is 0.137. The maximum atomic E-state index is 13.5. The number of carbonyl (C=O) groups excluding carboxylic acids is 1. The first kappa shape index (κ1) is 23.8. The van der Waals surface area contributed by atoms with Gasteiger partial charge in [-0.2, -0.15) is 0 Å². The highest BCUT2D eigenvalue weighted by Crippen LogP contribution is 2.24. The topological polar surface area (TPSA) is 36.0 Å². The monoisotopic (exact) mass is 449 g/mol. The molecule has 0 saturated carbocycles. The lowest BCUT2D eigenvalue weighted by Crippen LogP contribution is -2.43. The second-order valence-electron chi connectivity index (χ2n) is 9.93. The third kappa shape index (κ3) is 6.36. The molecule has 0 aliphatic carbocycles. The summed E-state index contributed by atoms with van der Waals surface area (Å²) < 4.78 is 5.90. The van der Waals surface area contributed by atoms with Crippen molar-refractivity contribution in [3.63, 3.8) is 0 Å². The van der Waals surface area contributed by atoms with Crippen molar-refractivity contribution in [3.05, 3.63) is 65.2 Å². The van der Waals surface area contributed by atoms with Gasteiger partial charge in [-0.15, -0.1) is 0 Å². The van der Waals surface area contributed by atoms with Crippen LogP contribution in [0.3, 0.4) is 0 Å². The van der Waals surface area contributed by atoms with E-state index in [9.17, 15) is 4.79 Å². The van der Waals surface area contributed by atoms with Gasteiger partial charge in [0, 0.05) is 51.6 Å². The van der Waals surface area contributed by atoms with Crippen LogP contribution in [0.5, 0.6) is 0 Å². The van der Waals surface area contributed by atoms with Crippen LogP contribution < -0.4 is 4.90 Å². The number of likely N-dealkylation sites (tertiary alicyclic amines) is 1. The molecule has 1 amide bonds. The van der Waals surface area contributed by atoms with E-state index in [1.165, 1.54) is 11.1 Å². The number of piperidine rings is 1. The Morgan fingerprint density at radius 3 is 2.36 bits per heavy atom. The van der Waals surface area contributed by atoms with Crippen LogP contribution in [0, 0.1) is 12.8 Å². The first-order chi connectivity index (χ1) is 16.0. The van der Waals surface area contributed by atoms with Gasteiger partial charge in [0.15, 0.2) is 0 Å². The number of benzene rings is 2. The van der Waals surface area contributed by atoms with Crippen LogP contribution in [0.4, 0.5) is 5.69 Å². The van der Waals surface area contributed by atoms with E-state index in [-0.39, 0.29) is 12.0 Å². The molecule has 0 radical (unpaired) electrons. The summed E-state index contributed by atoms with van der Waals surface area (Å²) in [6.45, 7) is 7.76. The highest BCUT2D eigenvalue weighted by Gasteiger charge is 2.28. The molecule has 2 fully saturated rings. The Labute approximate surface area is 199 Å². The smallest absolute Gasteiger partial charge is 0.253 e. The highest BCUT2D eigenvalue weighted by atomic mass is 16.5. The Kier molecular flexibility index (Phi) is 8.05. The summed E-state index contributed by atoms with van der Waals surface area (Å²) in [4.78, 5) is 20.2. The lowest BCUT2D eigenvalue weighted by Gasteiger charge is -2.36. The minimum Gasteiger partial charge on any atom is -0.378 e. The van der Waals surface area contributed by atoms with Crippen LogP contribution in [0.1, 0.15) is 47.2 Å². The SMILES string of the molecule is Cc1ccccc1CN1CCC(CN(CC2CCCO2)C(=O)c2ccc(N(C)C)cc2)CC1. The van der Waals surface area contributed by atoms with Crippen LogP contribution >= 0.6 is 0 Å². The first-order valence-corrected chi connectivity index (χ1v) is 12.4. The number of nitrogens with zero attached hydrogens (tertiary/aromatic N) is 3. The van der Waals surface area contributed by atoms with Crippen molar-refractivity contribution in [2.24, 2.45) is 5.92 Å². The van der Waals surface area contributed by atoms with Gasteiger partial charge in [-0.05, 0) is 87.0 Å². The fourth-order valence-electron chi connectivity index (χ4n) is 5.03. The molecule has 2 aromatic rings. The largest absolute Gasteiger partial charge is 0.378 e. The molecule has 5 nitrogen and oxygen atoms in total. The van der Waals surface area contributed by atoms with Gasteiger partial charge in [-0.25, -0.2) is 0 Å². The van der Waals surface area contributed by atoms with E-state index in [1.54, 1.807) is 0 Å². The number of carbonyl (C=O) groups is 1. The minimum absolute atomic E-state index is 0.137. The Balaban J connectivity index is 1.37. The van der Waals surface area contributed by atoms with E-state index in [0.29, 0.717) is 12.5 Å². The molecule has 4 rings (SSSR count).